The fourth-order valence-corrected chi connectivity index (χ4v) is 6.86. The minimum absolute atomic E-state index is 0.0838. The molecule has 2 saturated heterocycles. The van der Waals surface area contributed by atoms with Crippen molar-refractivity contribution in [2.75, 3.05) is 31.2 Å². The molecular weight excluding hydrogens is 484 g/mol. The van der Waals surface area contributed by atoms with Gasteiger partial charge in [0.05, 0.1) is 18.8 Å². The summed E-state index contributed by atoms with van der Waals surface area (Å²) in [4.78, 5) is 4.27. The maximum Gasteiger partial charge on any atom is 0.152 e. The van der Waals surface area contributed by atoms with Crippen molar-refractivity contribution >= 4 is 17.3 Å². The topological polar surface area (TPSA) is 46.4 Å². The lowest BCUT2D eigenvalue weighted by molar-refractivity contribution is 0.0576. The summed E-state index contributed by atoms with van der Waals surface area (Å²) in [6.45, 7) is 6.05. The van der Waals surface area contributed by atoms with Gasteiger partial charge in [0.1, 0.15) is 17.3 Å². The minimum atomic E-state index is -0.487. The molecular formula is C27H28ClF2N5O. The van der Waals surface area contributed by atoms with Crippen molar-refractivity contribution < 1.29 is 13.5 Å². The largest absolute Gasteiger partial charge is 0.380 e. The third kappa shape index (κ3) is 3.49. The zero-order chi connectivity index (χ0) is 24.6. The Morgan fingerprint density at radius 2 is 1.92 bits per heavy atom. The van der Waals surface area contributed by atoms with E-state index in [9.17, 15) is 8.78 Å². The number of rotatable bonds is 3. The Morgan fingerprint density at radius 3 is 2.69 bits per heavy atom. The van der Waals surface area contributed by atoms with Crippen LogP contribution in [0.2, 0.25) is 5.02 Å². The Labute approximate surface area is 213 Å². The van der Waals surface area contributed by atoms with Gasteiger partial charge in [0.25, 0.3) is 0 Å². The van der Waals surface area contributed by atoms with E-state index >= 15 is 0 Å². The number of benzene rings is 2. The zero-order valence-electron chi connectivity index (χ0n) is 20.2. The van der Waals surface area contributed by atoms with Crippen LogP contribution in [0.3, 0.4) is 0 Å². The number of aromatic nitrogens is 3. The van der Waals surface area contributed by atoms with Crippen LogP contribution in [-0.4, -0.2) is 52.0 Å². The van der Waals surface area contributed by atoms with E-state index in [1.54, 1.807) is 6.92 Å². The summed E-state index contributed by atoms with van der Waals surface area (Å²) in [5.74, 6) is 1.26. The van der Waals surface area contributed by atoms with Gasteiger partial charge in [-0.3, -0.25) is 9.47 Å². The van der Waals surface area contributed by atoms with Crippen molar-refractivity contribution in [2.24, 2.45) is 5.41 Å². The van der Waals surface area contributed by atoms with Crippen LogP contribution in [-0.2, 0) is 17.8 Å². The van der Waals surface area contributed by atoms with Crippen molar-refractivity contribution in [1.82, 2.24) is 19.7 Å². The van der Waals surface area contributed by atoms with Gasteiger partial charge in [-0.25, -0.2) is 8.78 Å². The molecule has 3 aromatic rings. The number of nitrogens with zero attached hydrogens (tertiary/aromatic N) is 5. The van der Waals surface area contributed by atoms with Gasteiger partial charge >= 0.3 is 0 Å². The molecule has 2 aromatic carbocycles. The molecule has 1 saturated carbocycles. The molecule has 4 aliphatic rings. The smallest absolute Gasteiger partial charge is 0.152 e. The molecule has 4 heterocycles. The average Bonchev–Trinajstić information content (AvgIpc) is 3.44. The van der Waals surface area contributed by atoms with Crippen molar-refractivity contribution in [3.8, 4) is 5.69 Å². The Bertz CT molecular complexity index is 1340. The van der Waals surface area contributed by atoms with Gasteiger partial charge in [0, 0.05) is 48.6 Å². The molecule has 0 amide bonds. The van der Waals surface area contributed by atoms with Crippen LogP contribution in [0.25, 0.3) is 5.69 Å². The Hall–Kier alpha value is -2.55. The van der Waals surface area contributed by atoms with Crippen LogP contribution in [0.5, 0.6) is 0 Å². The highest BCUT2D eigenvalue weighted by Crippen LogP contribution is 2.57. The van der Waals surface area contributed by atoms with Gasteiger partial charge in [-0.2, -0.15) is 0 Å². The van der Waals surface area contributed by atoms with Crippen LogP contribution in [0.1, 0.15) is 48.0 Å². The Balaban J connectivity index is 1.14. The fourth-order valence-electron chi connectivity index (χ4n) is 6.66. The first-order valence-electron chi connectivity index (χ1n) is 12.7. The van der Waals surface area contributed by atoms with Crippen LogP contribution < -0.4 is 4.90 Å². The van der Waals surface area contributed by atoms with Gasteiger partial charge in [0.15, 0.2) is 11.6 Å². The van der Waals surface area contributed by atoms with Crippen molar-refractivity contribution in [3.63, 3.8) is 0 Å². The summed E-state index contributed by atoms with van der Waals surface area (Å²) in [5.41, 5.74) is 2.93. The first-order valence-corrected chi connectivity index (χ1v) is 13.0. The number of aryl methyl sites for hydroxylation is 1. The molecule has 0 N–H and O–H groups in total. The van der Waals surface area contributed by atoms with E-state index in [1.165, 1.54) is 17.7 Å². The molecule has 0 radical (unpaired) electrons. The molecule has 188 valence electrons. The molecule has 0 unspecified atom stereocenters. The monoisotopic (exact) mass is 511 g/mol. The highest BCUT2D eigenvalue weighted by molar-refractivity contribution is 6.30. The van der Waals surface area contributed by atoms with E-state index in [0.717, 1.165) is 61.4 Å². The number of hydrogen-bond donors (Lipinski definition) is 0. The molecule has 6 nitrogen and oxygen atoms in total. The van der Waals surface area contributed by atoms with E-state index < -0.39 is 11.6 Å². The van der Waals surface area contributed by atoms with Gasteiger partial charge in [0.2, 0.25) is 0 Å². The molecule has 1 aliphatic carbocycles. The molecule has 7 rings (SSSR count). The van der Waals surface area contributed by atoms with Crippen molar-refractivity contribution in [3.05, 3.63) is 69.8 Å². The number of anilines is 1. The summed E-state index contributed by atoms with van der Waals surface area (Å²) in [5, 5.41) is 10.0. The minimum Gasteiger partial charge on any atom is -0.380 e. The summed E-state index contributed by atoms with van der Waals surface area (Å²) < 4.78 is 36.9. The van der Waals surface area contributed by atoms with E-state index in [0.29, 0.717) is 31.2 Å². The molecule has 1 atom stereocenters. The standard InChI is InChI=1S/C27H28ClF2N5O/c1-16-2-4-21(29)25(24(16)30)34-14-27(15-34)9-18(10-27)26-32-31-23-12-33(20-6-7-36-13-20)11-17-8-19(28)3-5-22(17)35(23)26/h2-5,8,18,20H,6-7,9-15H2,1H3/t20-/m1/s1. The normalized spacial score (nSPS) is 23.2. The Morgan fingerprint density at radius 1 is 1.08 bits per heavy atom. The predicted molar refractivity (Wildman–Crippen MR) is 133 cm³/mol. The van der Waals surface area contributed by atoms with Gasteiger partial charge in [-0.1, -0.05) is 17.7 Å². The van der Waals surface area contributed by atoms with Crippen molar-refractivity contribution in [2.45, 2.75) is 51.2 Å². The molecule has 36 heavy (non-hydrogen) atoms. The maximum absolute atomic E-state index is 14.6. The third-order valence-electron chi connectivity index (χ3n) is 8.53. The number of fused-ring (bicyclic) bond motifs is 3. The fraction of sp³-hybridized carbons (Fsp3) is 0.481. The van der Waals surface area contributed by atoms with E-state index in [1.807, 2.05) is 11.0 Å². The molecule has 3 aliphatic heterocycles. The maximum atomic E-state index is 14.6. The van der Waals surface area contributed by atoms with E-state index in [2.05, 4.69) is 31.8 Å². The quantitative estimate of drug-likeness (QED) is 0.495. The summed E-state index contributed by atoms with van der Waals surface area (Å²) in [6, 6.07) is 9.27. The number of hydrogen-bond acceptors (Lipinski definition) is 5. The second-order valence-corrected chi connectivity index (χ2v) is 11.4. The molecule has 1 aromatic heterocycles. The SMILES string of the molecule is Cc1ccc(F)c(N2CC3(CC(c4nnc5n4-c4ccc(Cl)cc4CN([C@@H]4CCOC4)C5)C3)C2)c1F. The van der Waals surface area contributed by atoms with Gasteiger partial charge in [-0.15, -0.1) is 10.2 Å². The Kier molecular flexibility index (Phi) is 5.17. The first kappa shape index (κ1) is 22.6. The zero-order valence-corrected chi connectivity index (χ0v) is 20.9. The van der Waals surface area contributed by atoms with Gasteiger partial charge in [-0.05, 0) is 61.6 Å². The second-order valence-electron chi connectivity index (χ2n) is 11.0. The predicted octanol–water partition coefficient (Wildman–Crippen LogP) is 5.00. The van der Waals surface area contributed by atoms with E-state index in [4.69, 9.17) is 16.3 Å². The van der Waals surface area contributed by atoms with Crippen LogP contribution >= 0.6 is 11.6 Å². The molecule has 1 spiro atoms. The summed E-state index contributed by atoms with van der Waals surface area (Å²) in [6.07, 6.45) is 2.90. The third-order valence-corrected chi connectivity index (χ3v) is 8.77. The van der Waals surface area contributed by atoms with Crippen molar-refractivity contribution in [1.29, 1.82) is 0 Å². The number of halogens is 3. The lowest BCUT2D eigenvalue weighted by Crippen LogP contribution is -2.62. The van der Waals surface area contributed by atoms with Gasteiger partial charge < -0.3 is 9.64 Å². The molecule has 0 bridgehead atoms. The molecule has 3 fully saturated rings. The van der Waals surface area contributed by atoms with E-state index in [-0.39, 0.29) is 17.0 Å². The average molecular weight is 512 g/mol. The van der Waals surface area contributed by atoms with Crippen LogP contribution in [0.4, 0.5) is 14.5 Å². The second kappa shape index (κ2) is 8.23. The van der Waals surface area contributed by atoms with Crippen LogP contribution in [0, 0.1) is 24.0 Å². The highest BCUT2D eigenvalue weighted by atomic mass is 35.5. The lowest BCUT2D eigenvalue weighted by atomic mass is 9.57. The summed E-state index contributed by atoms with van der Waals surface area (Å²) in [7, 11) is 0. The molecule has 9 heteroatoms. The lowest BCUT2D eigenvalue weighted by Gasteiger charge is -2.59. The first-order chi connectivity index (χ1) is 17.4. The van der Waals surface area contributed by atoms with Crippen LogP contribution in [0.15, 0.2) is 30.3 Å². The summed E-state index contributed by atoms with van der Waals surface area (Å²) >= 11 is 6.40. The number of ether oxygens (including phenoxy) is 1. The highest BCUT2D eigenvalue weighted by Gasteiger charge is 2.55.